The van der Waals surface area contributed by atoms with Crippen LogP contribution in [0.15, 0.2) is 84.9 Å². The van der Waals surface area contributed by atoms with E-state index in [-0.39, 0.29) is 11.9 Å². The van der Waals surface area contributed by atoms with E-state index in [4.69, 9.17) is 0 Å². The number of nitrogens with one attached hydrogen (secondary N) is 1. The fourth-order valence-corrected chi connectivity index (χ4v) is 3.35. The maximum absolute atomic E-state index is 12.8. The first kappa shape index (κ1) is 17.3. The fourth-order valence-electron chi connectivity index (χ4n) is 2.83. The van der Waals surface area contributed by atoms with Crippen LogP contribution < -0.4 is 5.32 Å². The van der Waals surface area contributed by atoms with Gasteiger partial charge in [-0.3, -0.25) is 4.79 Å². The number of carbonyl (C=O) groups excluding carboxylic acids is 1. The molecule has 0 aliphatic heterocycles. The molecular formula is C22H21NOS. The molecule has 0 saturated heterocycles. The zero-order chi connectivity index (χ0) is 17.5. The highest BCUT2D eigenvalue weighted by Crippen LogP contribution is 2.22. The maximum Gasteiger partial charge on any atom is 0.252 e. The van der Waals surface area contributed by atoms with E-state index in [2.05, 4.69) is 17.6 Å². The monoisotopic (exact) mass is 347 g/mol. The molecule has 3 heteroatoms. The normalized spacial score (nSPS) is 10.6. The number of carbonyl (C=O) groups is 1. The number of amides is 1. The van der Waals surface area contributed by atoms with Crippen molar-refractivity contribution in [2.45, 2.75) is 11.8 Å². The van der Waals surface area contributed by atoms with Gasteiger partial charge in [-0.1, -0.05) is 72.8 Å². The number of thioether (sulfide) groups is 1. The Morgan fingerprint density at radius 3 is 2.04 bits per heavy atom. The van der Waals surface area contributed by atoms with E-state index < -0.39 is 0 Å². The largest absolute Gasteiger partial charge is 0.341 e. The average molecular weight is 347 g/mol. The number of rotatable bonds is 6. The molecule has 1 amide bonds. The molecule has 3 rings (SSSR count). The predicted octanol–water partition coefficient (Wildman–Crippen LogP) is 5.07. The van der Waals surface area contributed by atoms with Gasteiger partial charge in [0, 0.05) is 11.3 Å². The molecule has 0 aromatic heterocycles. The van der Waals surface area contributed by atoms with Gasteiger partial charge in [-0.15, -0.1) is 0 Å². The van der Waals surface area contributed by atoms with Crippen LogP contribution in [0, 0.1) is 0 Å². The topological polar surface area (TPSA) is 29.1 Å². The van der Waals surface area contributed by atoms with E-state index in [1.54, 1.807) is 11.8 Å². The van der Waals surface area contributed by atoms with Gasteiger partial charge in [-0.05, 0) is 35.1 Å². The first-order valence-electron chi connectivity index (χ1n) is 8.26. The molecule has 0 heterocycles. The highest BCUT2D eigenvalue weighted by molar-refractivity contribution is 7.97. The van der Waals surface area contributed by atoms with Crippen molar-refractivity contribution in [2.75, 3.05) is 6.26 Å². The van der Waals surface area contributed by atoms with Gasteiger partial charge in [0.15, 0.2) is 0 Å². The lowest BCUT2D eigenvalue weighted by Crippen LogP contribution is -2.29. The highest BCUT2D eigenvalue weighted by Gasteiger charge is 2.17. The minimum atomic E-state index is -0.167. The van der Waals surface area contributed by atoms with Gasteiger partial charge in [-0.2, -0.15) is 11.8 Å². The summed E-state index contributed by atoms with van der Waals surface area (Å²) in [6.07, 6.45) is 2.06. The molecule has 0 fully saturated rings. The average Bonchev–Trinajstić information content (AvgIpc) is 2.68. The standard InChI is InChI=1S/C22H21NOS/c1-25-16-17-9-8-14-20(15-17)22(24)23-21(18-10-4-2-5-11-18)19-12-6-3-7-13-19/h2-15,21H,16H2,1H3,(H,23,24). The Balaban J connectivity index is 1.88. The van der Waals surface area contributed by atoms with Crippen molar-refractivity contribution in [1.29, 1.82) is 0 Å². The van der Waals surface area contributed by atoms with Crippen LogP contribution in [-0.2, 0) is 5.75 Å². The molecule has 0 saturated carbocycles. The van der Waals surface area contributed by atoms with Crippen LogP contribution in [-0.4, -0.2) is 12.2 Å². The van der Waals surface area contributed by atoms with Crippen LogP contribution >= 0.6 is 11.8 Å². The third-order valence-corrected chi connectivity index (χ3v) is 4.66. The van der Waals surface area contributed by atoms with Crippen LogP contribution in [0.5, 0.6) is 0 Å². The van der Waals surface area contributed by atoms with E-state index in [1.165, 1.54) is 0 Å². The summed E-state index contributed by atoms with van der Waals surface area (Å²) in [5.41, 5.74) is 4.00. The van der Waals surface area contributed by atoms with Crippen LogP contribution in [0.2, 0.25) is 0 Å². The van der Waals surface area contributed by atoms with Gasteiger partial charge in [-0.25, -0.2) is 0 Å². The molecule has 0 unspecified atom stereocenters. The van der Waals surface area contributed by atoms with Gasteiger partial charge in [0.05, 0.1) is 6.04 Å². The van der Waals surface area contributed by atoms with E-state index >= 15 is 0 Å². The number of hydrogen-bond donors (Lipinski definition) is 1. The van der Waals surface area contributed by atoms with Gasteiger partial charge >= 0.3 is 0 Å². The van der Waals surface area contributed by atoms with Crippen LogP contribution in [0.25, 0.3) is 0 Å². The second-order valence-electron chi connectivity index (χ2n) is 5.86. The molecule has 3 aromatic rings. The summed E-state index contributed by atoms with van der Waals surface area (Å²) in [6.45, 7) is 0. The summed E-state index contributed by atoms with van der Waals surface area (Å²) in [7, 11) is 0. The Morgan fingerprint density at radius 1 is 0.880 bits per heavy atom. The lowest BCUT2D eigenvalue weighted by Gasteiger charge is -2.20. The lowest BCUT2D eigenvalue weighted by atomic mass is 9.98. The van der Waals surface area contributed by atoms with Gasteiger partial charge in [0.1, 0.15) is 0 Å². The summed E-state index contributed by atoms with van der Waals surface area (Å²) in [5, 5.41) is 3.19. The minimum Gasteiger partial charge on any atom is -0.341 e. The van der Waals surface area contributed by atoms with Crippen LogP contribution in [0.3, 0.4) is 0 Å². The molecule has 25 heavy (non-hydrogen) atoms. The van der Waals surface area contributed by atoms with Crippen LogP contribution in [0.1, 0.15) is 33.1 Å². The first-order chi connectivity index (χ1) is 12.3. The Bertz CT molecular complexity index is 778. The second kappa shape index (κ2) is 8.54. The Labute approximate surface area is 153 Å². The van der Waals surface area contributed by atoms with Crippen molar-refractivity contribution in [3.63, 3.8) is 0 Å². The molecule has 0 spiro atoms. The van der Waals surface area contributed by atoms with E-state index in [9.17, 15) is 4.79 Å². The first-order valence-corrected chi connectivity index (χ1v) is 9.66. The fraction of sp³-hybridized carbons (Fsp3) is 0.136. The molecule has 1 N–H and O–H groups in total. The van der Waals surface area contributed by atoms with Crippen molar-refractivity contribution in [3.05, 3.63) is 107 Å². The number of hydrogen-bond acceptors (Lipinski definition) is 2. The van der Waals surface area contributed by atoms with E-state index in [0.717, 1.165) is 22.4 Å². The second-order valence-corrected chi connectivity index (χ2v) is 6.73. The molecular weight excluding hydrogens is 326 g/mol. The summed E-state index contributed by atoms with van der Waals surface area (Å²) in [4.78, 5) is 12.8. The number of benzene rings is 3. The molecule has 0 atom stereocenters. The third-order valence-electron chi connectivity index (χ3n) is 4.04. The minimum absolute atomic E-state index is 0.0549. The Hall–Kier alpha value is -2.52. The van der Waals surface area contributed by atoms with E-state index in [1.807, 2.05) is 78.9 Å². The van der Waals surface area contributed by atoms with Crippen molar-refractivity contribution in [3.8, 4) is 0 Å². The Morgan fingerprint density at radius 2 is 1.48 bits per heavy atom. The predicted molar refractivity (Wildman–Crippen MR) is 106 cm³/mol. The van der Waals surface area contributed by atoms with Crippen molar-refractivity contribution in [1.82, 2.24) is 5.32 Å². The van der Waals surface area contributed by atoms with Crippen LogP contribution in [0.4, 0.5) is 0 Å². The molecule has 3 aromatic carbocycles. The summed E-state index contributed by atoms with van der Waals surface area (Å²) >= 11 is 1.75. The quantitative estimate of drug-likeness (QED) is 0.674. The van der Waals surface area contributed by atoms with Crippen molar-refractivity contribution >= 4 is 17.7 Å². The zero-order valence-electron chi connectivity index (χ0n) is 14.2. The van der Waals surface area contributed by atoms with Gasteiger partial charge in [0.2, 0.25) is 0 Å². The molecule has 0 radical (unpaired) electrons. The molecule has 126 valence electrons. The molecule has 2 nitrogen and oxygen atoms in total. The molecule has 0 aliphatic rings. The lowest BCUT2D eigenvalue weighted by molar-refractivity contribution is 0.0943. The summed E-state index contributed by atoms with van der Waals surface area (Å²) in [6, 6.07) is 27.8. The summed E-state index contributed by atoms with van der Waals surface area (Å²) < 4.78 is 0. The summed E-state index contributed by atoms with van der Waals surface area (Å²) in [5.74, 6) is 0.850. The maximum atomic E-state index is 12.8. The molecule has 0 bridgehead atoms. The van der Waals surface area contributed by atoms with Crippen molar-refractivity contribution in [2.24, 2.45) is 0 Å². The van der Waals surface area contributed by atoms with E-state index in [0.29, 0.717) is 5.56 Å². The highest BCUT2D eigenvalue weighted by atomic mass is 32.2. The van der Waals surface area contributed by atoms with Gasteiger partial charge < -0.3 is 5.32 Å². The SMILES string of the molecule is CSCc1cccc(C(=O)NC(c2ccccc2)c2ccccc2)c1. The zero-order valence-corrected chi connectivity index (χ0v) is 15.0. The smallest absolute Gasteiger partial charge is 0.252 e. The Kier molecular flexibility index (Phi) is 5.91. The van der Waals surface area contributed by atoms with Gasteiger partial charge in [0.25, 0.3) is 5.91 Å². The molecule has 0 aliphatic carbocycles. The third kappa shape index (κ3) is 4.52. The van der Waals surface area contributed by atoms with Crippen molar-refractivity contribution < 1.29 is 4.79 Å².